The molecular weight excluding hydrogens is 219 g/mol. The molecule has 0 atom stereocenters. The van der Waals surface area contributed by atoms with Crippen LogP contribution in [0, 0.1) is 12.3 Å². The van der Waals surface area contributed by atoms with Crippen molar-refractivity contribution in [3.05, 3.63) is 29.8 Å². The Labute approximate surface area is 90.5 Å². The largest absolute Gasteiger partial charge is 0.454 e. The number of nitrogens with one attached hydrogen (secondary N) is 1. The van der Waals surface area contributed by atoms with Crippen LogP contribution in [-0.4, -0.2) is 18.5 Å². The average molecular weight is 227 g/mol. The second-order valence-corrected chi connectivity index (χ2v) is 2.96. The fourth-order valence-electron chi connectivity index (χ4n) is 1.06. The number of hydrogen-bond acceptors (Lipinski definition) is 2. The van der Waals surface area contributed by atoms with Gasteiger partial charge in [-0.3, -0.25) is 4.79 Å². The standard InChI is InChI=1S/C11H8F3NO/c1-2-7-15-9-5-3-8(4-6-9)10(16)11(12,13)14/h1,3-6,15H,7H2. The molecule has 16 heavy (non-hydrogen) atoms. The summed E-state index contributed by atoms with van der Waals surface area (Å²) in [5.41, 5.74) is 0.176. The third-order valence-corrected chi connectivity index (χ3v) is 1.80. The quantitative estimate of drug-likeness (QED) is 0.634. The van der Waals surface area contributed by atoms with Crippen LogP contribution in [0.4, 0.5) is 18.9 Å². The van der Waals surface area contributed by atoms with Crippen LogP contribution in [0.3, 0.4) is 0 Å². The Kier molecular flexibility index (Phi) is 3.56. The molecule has 2 nitrogen and oxygen atoms in total. The minimum Gasteiger partial charge on any atom is -0.374 e. The number of benzene rings is 1. The number of Topliss-reactive ketones (excluding diaryl/α,β-unsaturated/α-hetero) is 1. The highest BCUT2D eigenvalue weighted by molar-refractivity contribution is 6.00. The van der Waals surface area contributed by atoms with E-state index in [0.717, 1.165) is 12.1 Å². The first-order valence-electron chi connectivity index (χ1n) is 4.34. The predicted octanol–water partition coefficient (Wildman–Crippen LogP) is 2.48. The van der Waals surface area contributed by atoms with Gasteiger partial charge in [-0.05, 0) is 24.3 Å². The molecule has 0 unspecified atom stereocenters. The van der Waals surface area contributed by atoms with Crippen molar-refractivity contribution >= 4 is 11.5 Å². The van der Waals surface area contributed by atoms with Gasteiger partial charge in [-0.25, -0.2) is 0 Å². The molecule has 0 aliphatic heterocycles. The van der Waals surface area contributed by atoms with E-state index < -0.39 is 17.5 Å². The molecule has 0 fully saturated rings. The van der Waals surface area contributed by atoms with Crippen molar-refractivity contribution in [3.8, 4) is 12.3 Å². The molecule has 0 spiro atoms. The van der Waals surface area contributed by atoms with Gasteiger partial charge in [-0.1, -0.05) is 5.92 Å². The number of halogens is 3. The second kappa shape index (κ2) is 4.71. The lowest BCUT2D eigenvalue weighted by Gasteiger charge is -2.06. The Morgan fingerprint density at radius 2 is 1.88 bits per heavy atom. The molecule has 0 aromatic heterocycles. The maximum Gasteiger partial charge on any atom is 0.454 e. The van der Waals surface area contributed by atoms with E-state index in [-0.39, 0.29) is 6.54 Å². The van der Waals surface area contributed by atoms with Crippen LogP contribution in [0.25, 0.3) is 0 Å². The van der Waals surface area contributed by atoms with E-state index in [1.807, 2.05) is 0 Å². The topological polar surface area (TPSA) is 29.1 Å². The van der Waals surface area contributed by atoms with Crippen molar-refractivity contribution in [3.63, 3.8) is 0 Å². The highest BCUT2D eigenvalue weighted by Gasteiger charge is 2.39. The van der Waals surface area contributed by atoms with Gasteiger partial charge in [0.05, 0.1) is 6.54 Å². The van der Waals surface area contributed by atoms with E-state index >= 15 is 0 Å². The van der Waals surface area contributed by atoms with E-state index in [2.05, 4.69) is 11.2 Å². The highest BCUT2D eigenvalue weighted by Crippen LogP contribution is 2.22. The zero-order chi connectivity index (χ0) is 12.2. The molecule has 1 aromatic carbocycles. The minimum atomic E-state index is -4.84. The van der Waals surface area contributed by atoms with Gasteiger partial charge in [-0.15, -0.1) is 6.42 Å². The van der Waals surface area contributed by atoms with Crippen molar-refractivity contribution in [2.75, 3.05) is 11.9 Å². The maximum atomic E-state index is 12.0. The molecule has 0 bridgehead atoms. The molecule has 1 N–H and O–H groups in total. The van der Waals surface area contributed by atoms with Gasteiger partial charge in [0.1, 0.15) is 0 Å². The first-order valence-corrected chi connectivity index (χ1v) is 4.34. The number of alkyl halides is 3. The molecule has 0 heterocycles. The normalized spacial score (nSPS) is 10.6. The first-order chi connectivity index (χ1) is 7.45. The summed E-state index contributed by atoms with van der Waals surface area (Å²) in [6.45, 7) is 0.270. The van der Waals surface area contributed by atoms with Crippen LogP contribution in [-0.2, 0) is 0 Å². The first kappa shape index (κ1) is 12.1. The van der Waals surface area contributed by atoms with Crippen LogP contribution in [0.15, 0.2) is 24.3 Å². The number of anilines is 1. The van der Waals surface area contributed by atoms with E-state index in [0.29, 0.717) is 5.69 Å². The monoisotopic (exact) mass is 227 g/mol. The molecule has 0 radical (unpaired) electrons. The fraction of sp³-hybridized carbons (Fsp3) is 0.182. The van der Waals surface area contributed by atoms with Crippen molar-refractivity contribution in [2.24, 2.45) is 0 Å². The summed E-state index contributed by atoms with van der Waals surface area (Å²) in [6.07, 6.45) is 0.157. The van der Waals surface area contributed by atoms with Crippen LogP contribution >= 0.6 is 0 Å². The number of carbonyl (C=O) groups is 1. The van der Waals surface area contributed by atoms with Crippen LogP contribution in [0.2, 0.25) is 0 Å². The van der Waals surface area contributed by atoms with Gasteiger partial charge >= 0.3 is 6.18 Å². The Bertz CT molecular complexity index is 414. The third kappa shape index (κ3) is 3.02. The SMILES string of the molecule is C#CCNc1ccc(C(=O)C(F)(F)F)cc1. The van der Waals surface area contributed by atoms with E-state index in [1.165, 1.54) is 12.1 Å². The second-order valence-electron chi connectivity index (χ2n) is 2.96. The highest BCUT2D eigenvalue weighted by atomic mass is 19.4. The molecule has 84 valence electrons. The molecule has 0 amide bonds. The number of hydrogen-bond donors (Lipinski definition) is 1. The van der Waals surface area contributed by atoms with Gasteiger partial charge in [0.15, 0.2) is 0 Å². The van der Waals surface area contributed by atoms with E-state index in [4.69, 9.17) is 6.42 Å². The predicted molar refractivity (Wildman–Crippen MR) is 54.2 cm³/mol. The van der Waals surface area contributed by atoms with Gasteiger partial charge in [0.25, 0.3) is 5.78 Å². The number of rotatable bonds is 3. The van der Waals surface area contributed by atoms with Crippen molar-refractivity contribution < 1.29 is 18.0 Å². The Morgan fingerprint density at radius 3 is 2.31 bits per heavy atom. The molecule has 0 saturated heterocycles. The summed E-state index contributed by atoms with van der Waals surface area (Å²) in [4.78, 5) is 10.8. The molecule has 0 aliphatic carbocycles. The summed E-state index contributed by atoms with van der Waals surface area (Å²) in [5, 5.41) is 2.77. The van der Waals surface area contributed by atoms with Crippen molar-refractivity contribution in [2.45, 2.75) is 6.18 Å². The fourth-order valence-corrected chi connectivity index (χ4v) is 1.06. The zero-order valence-electron chi connectivity index (χ0n) is 8.14. The van der Waals surface area contributed by atoms with Gasteiger partial charge in [0, 0.05) is 11.3 Å². The molecule has 0 saturated carbocycles. The Hall–Kier alpha value is -1.96. The maximum absolute atomic E-state index is 12.0. The third-order valence-electron chi connectivity index (χ3n) is 1.80. The average Bonchev–Trinajstić information content (AvgIpc) is 2.25. The van der Waals surface area contributed by atoms with Crippen LogP contribution < -0.4 is 5.32 Å². The summed E-state index contributed by atoms with van der Waals surface area (Å²) in [5.74, 6) is 0.469. The Morgan fingerprint density at radius 1 is 1.31 bits per heavy atom. The molecule has 5 heteroatoms. The lowest BCUT2D eigenvalue weighted by Crippen LogP contribution is -2.22. The molecule has 0 aliphatic rings. The summed E-state index contributed by atoms with van der Waals surface area (Å²) in [6, 6.07) is 4.95. The smallest absolute Gasteiger partial charge is 0.374 e. The van der Waals surface area contributed by atoms with E-state index in [1.54, 1.807) is 0 Å². The lowest BCUT2D eigenvalue weighted by molar-refractivity contribution is -0.0885. The summed E-state index contributed by atoms with van der Waals surface area (Å²) in [7, 11) is 0. The molecule has 1 rings (SSSR count). The Balaban J connectivity index is 2.80. The van der Waals surface area contributed by atoms with E-state index in [9.17, 15) is 18.0 Å². The van der Waals surface area contributed by atoms with Crippen LogP contribution in [0.5, 0.6) is 0 Å². The van der Waals surface area contributed by atoms with Gasteiger partial charge in [0.2, 0.25) is 0 Å². The van der Waals surface area contributed by atoms with Gasteiger partial charge < -0.3 is 5.32 Å². The summed E-state index contributed by atoms with van der Waals surface area (Å²) < 4.78 is 36.1. The number of ketones is 1. The molecular formula is C11H8F3NO. The summed E-state index contributed by atoms with van der Waals surface area (Å²) >= 11 is 0. The lowest BCUT2D eigenvalue weighted by atomic mass is 10.1. The van der Waals surface area contributed by atoms with Crippen LogP contribution in [0.1, 0.15) is 10.4 Å². The van der Waals surface area contributed by atoms with Gasteiger partial charge in [-0.2, -0.15) is 13.2 Å². The minimum absolute atomic E-state index is 0.270. The molecule has 1 aromatic rings. The van der Waals surface area contributed by atoms with Crippen molar-refractivity contribution in [1.29, 1.82) is 0 Å². The number of terminal acetylenes is 1. The zero-order valence-corrected chi connectivity index (χ0v) is 8.14. The number of carbonyl (C=O) groups excluding carboxylic acids is 1. The van der Waals surface area contributed by atoms with Crippen molar-refractivity contribution in [1.82, 2.24) is 0 Å².